The van der Waals surface area contributed by atoms with Crippen molar-refractivity contribution >= 4 is 0 Å². The van der Waals surface area contributed by atoms with Crippen molar-refractivity contribution in [3.05, 3.63) is 35.4 Å². The molecule has 1 aromatic rings. The highest BCUT2D eigenvalue weighted by atomic mass is 19.1. The van der Waals surface area contributed by atoms with E-state index < -0.39 is 11.6 Å². The van der Waals surface area contributed by atoms with Crippen LogP contribution in [0.5, 0.6) is 0 Å². The second kappa shape index (κ2) is 6.84. The van der Waals surface area contributed by atoms with E-state index in [2.05, 4.69) is 31.0 Å². The van der Waals surface area contributed by atoms with Crippen molar-refractivity contribution < 1.29 is 8.78 Å². The zero-order chi connectivity index (χ0) is 15.5. The summed E-state index contributed by atoms with van der Waals surface area (Å²) in [6, 6.07) is 4.30. The van der Waals surface area contributed by atoms with Crippen LogP contribution in [0.1, 0.15) is 45.6 Å². The molecular weight excluding hydrogens is 270 g/mol. The Hall–Kier alpha value is -1.00. The second-order valence-electron chi connectivity index (χ2n) is 6.38. The van der Waals surface area contributed by atoms with Gasteiger partial charge in [0.1, 0.15) is 11.6 Å². The summed E-state index contributed by atoms with van der Waals surface area (Å²) < 4.78 is 26.9. The van der Waals surface area contributed by atoms with E-state index in [1.54, 1.807) is 6.07 Å². The molecule has 2 atom stereocenters. The van der Waals surface area contributed by atoms with Crippen LogP contribution in [0.25, 0.3) is 0 Å². The normalized spacial score (nSPS) is 27.0. The predicted octanol–water partition coefficient (Wildman–Crippen LogP) is 3.71. The number of hydrogen-bond acceptors (Lipinski definition) is 2. The summed E-state index contributed by atoms with van der Waals surface area (Å²) >= 11 is 0. The minimum Gasteiger partial charge on any atom is -0.309 e. The molecule has 1 aliphatic rings. The molecule has 2 rings (SSSR count). The first-order chi connectivity index (χ1) is 9.97. The summed E-state index contributed by atoms with van der Waals surface area (Å²) in [5.41, 5.74) is 0.652. The van der Waals surface area contributed by atoms with Crippen molar-refractivity contribution in [3.63, 3.8) is 0 Å². The molecular formula is C17H26F2N2. The molecule has 1 fully saturated rings. The number of benzene rings is 1. The molecule has 0 bridgehead atoms. The van der Waals surface area contributed by atoms with Gasteiger partial charge in [-0.15, -0.1) is 0 Å². The van der Waals surface area contributed by atoms with Gasteiger partial charge in [0.2, 0.25) is 0 Å². The molecule has 0 amide bonds. The van der Waals surface area contributed by atoms with E-state index in [0.29, 0.717) is 18.2 Å². The van der Waals surface area contributed by atoms with Crippen molar-refractivity contribution in [1.29, 1.82) is 0 Å². The van der Waals surface area contributed by atoms with Crippen molar-refractivity contribution in [1.82, 2.24) is 10.2 Å². The first kappa shape index (κ1) is 16.4. The van der Waals surface area contributed by atoms with Crippen molar-refractivity contribution in [3.8, 4) is 0 Å². The molecule has 1 heterocycles. The Balaban J connectivity index is 2.15. The molecule has 0 aliphatic carbocycles. The number of nitrogens with zero attached hydrogens (tertiary/aromatic N) is 1. The van der Waals surface area contributed by atoms with Gasteiger partial charge in [0.05, 0.1) is 0 Å². The Morgan fingerprint density at radius 3 is 2.71 bits per heavy atom. The number of halogens is 2. The molecule has 0 saturated carbocycles. The average Bonchev–Trinajstić information content (AvgIpc) is 2.45. The minimum absolute atomic E-state index is 0.0702. The number of rotatable bonds is 5. The Morgan fingerprint density at radius 2 is 2.10 bits per heavy atom. The maximum atomic E-state index is 13.9. The maximum absolute atomic E-state index is 13.9. The summed E-state index contributed by atoms with van der Waals surface area (Å²) in [5, 5.41) is 3.62. The van der Waals surface area contributed by atoms with Crippen LogP contribution >= 0.6 is 0 Å². The van der Waals surface area contributed by atoms with Gasteiger partial charge in [-0.05, 0) is 25.8 Å². The highest BCUT2D eigenvalue weighted by molar-refractivity contribution is 5.19. The lowest BCUT2D eigenvalue weighted by Crippen LogP contribution is -2.62. The summed E-state index contributed by atoms with van der Waals surface area (Å²) in [6.07, 6.45) is 3.24. The third-order valence-electron chi connectivity index (χ3n) is 4.62. The van der Waals surface area contributed by atoms with Gasteiger partial charge in [0.15, 0.2) is 0 Å². The van der Waals surface area contributed by atoms with E-state index in [0.717, 1.165) is 38.4 Å². The standard InChI is InChI=1S/C17H26F2N2/c1-4-6-15-10-20-17(3,5-2)12-21(15)11-13-7-8-14(18)9-16(13)19/h7-9,15,20H,4-6,10-12H2,1-3H3. The van der Waals surface area contributed by atoms with Crippen molar-refractivity contribution in [2.75, 3.05) is 13.1 Å². The number of hydrogen-bond donors (Lipinski definition) is 1. The lowest BCUT2D eigenvalue weighted by Gasteiger charge is -2.46. The Kier molecular flexibility index (Phi) is 5.33. The lowest BCUT2D eigenvalue weighted by atomic mass is 9.92. The SMILES string of the molecule is CCCC1CNC(C)(CC)CN1Cc1ccc(F)cc1F. The van der Waals surface area contributed by atoms with Crippen LogP contribution in [-0.2, 0) is 6.54 Å². The molecule has 2 nitrogen and oxygen atoms in total. The molecule has 0 spiro atoms. The first-order valence-electron chi connectivity index (χ1n) is 7.90. The van der Waals surface area contributed by atoms with Gasteiger partial charge < -0.3 is 5.32 Å². The van der Waals surface area contributed by atoms with Crippen molar-refractivity contribution in [2.24, 2.45) is 0 Å². The quantitative estimate of drug-likeness (QED) is 0.891. The van der Waals surface area contributed by atoms with Crippen LogP contribution in [-0.4, -0.2) is 29.6 Å². The third kappa shape index (κ3) is 4.01. The molecule has 1 N–H and O–H groups in total. The van der Waals surface area contributed by atoms with E-state index in [1.165, 1.54) is 6.07 Å². The minimum atomic E-state index is -0.514. The van der Waals surface area contributed by atoms with E-state index in [9.17, 15) is 8.78 Å². The van der Waals surface area contributed by atoms with E-state index in [4.69, 9.17) is 0 Å². The molecule has 0 radical (unpaired) electrons. The first-order valence-corrected chi connectivity index (χ1v) is 7.90. The van der Waals surface area contributed by atoms with Gasteiger partial charge in [-0.25, -0.2) is 8.78 Å². The van der Waals surface area contributed by atoms with Crippen molar-refractivity contribution in [2.45, 2.75) is 58.2 Å². The molecule has 4 heteroatoms. The average molecular weight is 296 g/mol. The summed E-state index contributed by atoms with van der Waals surface area (Å²) in [4.78, 5) is 2.35. The van der Waals surface area contributed by atoms with Gasteiger partial charge in [0.25, 0.3) is 0 Å². The summed E-state index contributed by atoms with van der Waals surface area (Å²) in [6.45, 7) is 8.93. The topological polar surface area (TPSA) is 15.3 Å². The second-order valence-corrected chi connectivity index (χ2v) is 6.38. The smallest absolute Gasteiger partial charge is 0.130 e. The summed E-state index contributed by atoms with van der Waals surface area (Å²) in [7, 11) is 0. The van der Waals surface area contributed by atoms with Gasteiger partial charge in [-0.1, -0.05) is 26.3 Å². The van der Waals surface area contributed by atoms with E-state index in [-0.39, 0.29) is 5.54 Å². The molecule has 0 aromatic heterocycles. The zero-order valence-electron chi connectivity index (χ0n) is 13.3. The van der Waals surface area contributed by atoms with E-state index >= 15 is 0 Å². The fourth-order valence-electron chi connectivity index (χ4n) is 3.03. The fourth-order valence-corrected chi connectivity index (χ4v) is 3.03. The molecule has 1 saturated heterocycles. The van der Waals surface area contributed by atoms with Gasteiger partial charge in [0, 0.05) is 42.8 Å². The van der Waals surface area contributed by atoms with Gasteiger partial charge in [-0.2, -0.15) is 0 Å². The summed E-state index contributed by atoms with van der Waals surface area (Å²) in [5.74, 6) is -0.956. The Bertz CT molecular complexity index is 478. The highest BCUT2D eigenvalue weighted by Gasteiger charge is 2.34. The Morgan fingerprint density at radius 1 is 1.33 bits per heavy atom. The maximum Gasteiger partial charge on any atom is 0.130 e. The molecule has 1 aliphatic heterocycles. The molecule has 118 valence electrons. The van der Waals surface area contributed by atoms with E-state index in [1.807, 2.05) is 0 Å². The largest absolute Gasteiger partial charge is 0.309 e. The van der Waals surface area contributed by atoms with Crippen LogP contribution < -0.4 is 5.32 Å². The van der Waals surface area contributed by atoms with Crippen LogP contribution in [0.4, 0.5) is 8.78 Å². The molecule has 21 heavy (non-hydrogen) atoms. The zero-order valence-corrected chi connectivity index (χ0v) is 13.3. The molecule has 1 aromatic carbocycles. The number of piperazine rings is 1. The van der Waals surface area contributed by atoms with Crippen LogP contribution in [0.3, 0.4) is 0 Å². The fraction of sp³-hybridized carbons (Fsp3) is 0.647. The highest BCUT2D eigenvalue weighted by Crippen LogP contribution is 2.24. The van der Waals surface area contributed by atoms with Crippen LogP contribution in [0, 0.1) is 11.6 Å². The Labute approximate surface area is 126 Å². The van der Waals surface area contributed by atoms with Gasteiger partial charge >= 0.3 is 0 Å². The lowest BCUT2D eigenvalue weighted by molar-refractivity contribution is 0.0716. The monoisotopic (exact) mass is 296 g/mol. The van der Waals surface area contributed by atoms with Crippen LogP contribution in [0.2, 0.25) is 0 Å². The molecule has 2 unspecified atom stereocenters. The van der Waals surface area contributed by atoms with Crippen LogP contribution in [0.15, 0.2) is 18.2 Å². The van der Waals surface area contributed by atoms with Gasteiger partial charge in [-0.3, -0.25) is 4.90 Å². The predicted molar refractivity (Wildman–Crippen MR) is 82.2 cm³/mol. The number of nitrogens with one attached hydrogen (secondary N) is 1. The third-order valence-corrected chi connectivity index (χ3v) is 4.62.